The van der Waals surface area contributed by atoms with E-state index in [9.17, 15) is 9.59 Å². The molecule has 0 aliphatic rings. The summed E-state index contributed by atoms with van der Waals surface area (Å²) in [7, 11) is 1.84. The standard InChI is InChI=1S/C14H21N3O3/c1-4-16-14(19)17-13(18)10(2)20-12-8-6-5-7-11(12)9-15-3/h5-8,10,15H,4,9H2,1-3H3,(H2,16,17,18,19). The first kappa shape index (κ1) is 16.0. The van der Waals surface area contributed by atoms with E-state index >= 15 is 0 Å². The van der Waals surface area contributed by atoms with Crippen molar-refractivity contribution >= 4 is 11.9 Å². The number of nitrogens with one attached hydrogen (secondary N) is 3. The van der Waals surface area contributed by atoms with Crippen LogP contribution in [0.2, 0.25) is 0 Å². The third kappa shape index (κ3) is 4.89. The Morgan fingerprint density at radius 3 is 2.65 bits per heavy atom. The Morgan fingerprint density at radius 2 is 2.00 bits per heavy atom. The van der Waals surface area contributed by atoms with Gasteiger partial charge in [0, 0.05) is 18.7 Å². The topological polar surface area (TPSA) is 79.5 Å². The minimum absolute atomic E-state index is 0.458. The van der Waals surface area contributed by atoms with Crippen LogP contribution in [0.5, 0.6) is 5.75 Å². The van der Waals surface area contributed by atoms with E-state index in [4.69, 9.17) is 4.74 Å². The molecule has 0 spiro atoms. The average Bonchev–Trinajstić information content (AvgIpc) is 2.41. The molecule has 0 saturated carbocycles. The Bertz CT molecular complexity index is 463. The number of rotatable bonds is 6. The molecule has 0 bridgehead atoms. The van der Waals surface area contributed by atoms with Gasteiger partial charge in [-0.1, -0.05) is 18.2 Å². The van der Waals surface area contributed by atoms with E-state index in [0.717, 1.165) is 5.56 Å². The maximum Gasteiger partial charge on any atom is 0.321 e. The highest BCUT2D eigenvalue weighted by Gasteiger charge is 2.18. The van der Waals surface area contributed by atoms with E-state index in [-0.39, 0.29) is 0 Å². The summed E-state index contributed by atoms with van der Waals surface area (Å²) in [4.78, 5) is 23.1. The Labute approximate surface area is 118 Å². The maximum atomic E-state index is 11.8. The predicted molar refractivity (Wildman–Crippen MR) is 76.5 cm³/mol. The van der Waals surface area contributed by atoms with Crippen molar-refractivity contribution < 1.29 is 14.3 Å². The summed E-state index contributed by atoms with van der Waals surface area (Å²) in [5.74, 6) is 0.149. The highest BCUT2D eigenvalue weighted by atomic mass is 16.5. The summed E-state index contributed by atoms with van der Waals surface area (Å²) < 4.78 is 5.61. The number of imide groups is 1. The number of amides is 3. The SMILES string of the molecule is CCNC(=O)NC(=O)C(C)Oc1ccccc1CNC. The van der Waals surface area contributed by atoms with Crippen molar-refractivity contribution in [2.45, 2.75) is 26.5 Å². The minimum Gasteiger partial charge on any atom is -0.481 e. The first-order valence-electron chi connectivity index (χ1n) is 6.56. The third-order valence-corrected chi connectivity index (χ3v) is 2.59. The van der Waals surface area contributed by atoms with Crippen molar-refractivity contribution in [2.75, 3.05) is 13.6 Å². The van der Waals surface area contributed by atoms with Gasteiger partial charge in [-0.25, -0.2) is 4.79 Å². The van der Waals surface area contributed by atoms with Gasteiger partial charge in [-0.05, 0) is 27.0 Å². The van der Waals surface area contributed by atoms with Crippen LogP contribution in [0.15, 0.2) is 24.3 Å². The summed E-state index contributed by atoms with van der Waals surface area (Å²) in [6.07, 6.45) is -0.754. The fourth-order valence-electron chi connectivity index (χ4n) is 1.62. The molecule has 1 unspecified atom stereocenters. The number of carbonyl (C=O) groups excluding carboxylic acids is 2. The summed E-state index contributed by atoms with van der Waals surface area (Å²) in [5.41, 5.74) is 0.952. The van der Waals surface area contributed by atoms with Crippen molar-refractivity contribution in [1.82, 2.24) is 16.0 Å². The van der Waals surface area contributed by atoms with E-state index < -0.39 is 18.0 Å². The molecule has 0 fully saturated rings. The van der Waals surface area contributed by atoms with Gasteiger partial charge in [-0.2, -0.15) is 0 Å². The van der Waals surface area contributed by atoms with Gasteiger partial charge in [-0.15, -0.1) is 0 Å². The molecule has 6 nitrogen and oxygen atoms in total. The van der Waals surface area contributed by atoms with E-state index in [1.807, 2.05) is 25.2 Å². The fraction of sp³-hybridized carbons (Fsp3) is 0.429. The Hall–Kier alpha value is -2.08. The molecule has 110 valence electrons. The van der Waals surface area contributed by atoms with Gasteiger partial charge in [0.2, 0.25) is 0 Å². The molecule has 20 heavy (non-hydrogen) atoms. The number of urea groups is 1. The lowest BCUT2D eigenvalue weighted by atomic mass is 10.2. The Kier molecular flexibility index (Phi) is 6.52. The molecular weight excluding hydrogens is 258 g/mol. The monoisotopic (exact) mass is 279 g/mol. The minimum atomic E-state index is -0.754. The van der Waals surface area contributed by atoms with Crippen molar-refractivity contribution in [3.8, 4) is 5.75 Å². The lowest BCUT2D eigenvalue weighted by Gasteiger charge is -2.16. The summed E-state index contributed by atoms with van der Waals surface area (Å²) in [6.45, 7) is 4.48. The summed E-state index contributed by atoms with van der Waals surface area (Å²) >= 11 is 0. The van der Waals surface area contributed by atoms with Crippen LogP contribution in [-0.4, -0.2) is 31.6 Å². The molecule has 1 aromatic rings. The van der Waals surface area contributed by atoms with Crippen LogP contribution in [0.4, 0.5) is 4.79 Å². The first-order valence-corrected chi connectivity index (χ1v) is 6.56. The number of ether oxygens (including phenoxy) is 1. The molecule has 0 heterocycles. The highest BCUT2D eigenvalue weighted by Crippen LogP contribution is 2.19. The molecular formula is C14H21N3O3. The van der Waals surface area contributed by atoms with E-state index in [1.54, 1.807) is 19.9 Å². The third-order valence-electron chi connectivity index (χ3n) is 2.59. The van der Waals surface area contributed by atoms with Crippen LogP contribution >= 0.6 is 0 Å². The largest absolute Gasteiger partial charge is 0.481 e. The van der Waals surface area contributed by atoms with Gasteiger partial charge in [-0.3, -0.25) is 10.1 Å². The van der Waals surface area contributed by atoms with Gasteiger partial charge in [0.05, 0.1) is 0 Å². The number of hydrogen-bond donors (Lipinski definition) is 3. The highest BCUT2D eigenvalue weighted by molar-refractivity contribution is 5.96. The van der Waals surface area contributed by atoms with Crippen LogP contribution in [0.1, 0.15) is 19.4 Å². The molecule has 0 aliphatic carbocycles. The van der Waals surface area contributed by atoms with Crippen LogP contribution in [0, 0.1) is 0 Å². The average molecular weight is 279 g/mol. The van der Waals surface area contributed by atoms with Gasteiger partial charge in [0.25, 0.3) is 5.91 Å². The van der Waals surface area contributed by atoms with Crippen LogP contribution < -0.4 is 20.7 Å². The second-order valence-electron chi connectivity index (χ2n) is 4.25. The molecule has 6 heteroatoms. The quantitative estimate of drug-likeness (QED) is 0.726. The zero-order valence-electron chi connectivity index (χ0n) is 12.0. The first-order chi connectivity index (χ1) is 9.58. The Morgan fingerprint density at radius 1 is 1.30 bits per heavy atom. The number of hydrogen-bond acceptors (Lipinski definition) is 4. The number of benzene rings is 1. The van der Waals surface area contributed by atoms with E-state index in [0.29, 0.717) is 18.8 Å². The molecule has 0 saturated heterocycles. The predicted octanol–water partition coefficient (Wildman–Crippen LogP) is 1.02. The van der Waals surface area contributed by atoms with Gasteiger partial charge in [0.1, 0.15) is 5.75 Å². The molecule has 0 radical (unpaired) electrons. The summed E-state index contributed by atoms with van der Waals surface area (Å²) in [6, 6.07) is 6.93. The molecule has 1 rings (SSSR count). The van der Waals surface area contributed by atoms with Crippen molar-refractivity contribution in [2.24, 2.45) is 0 Å². The second-order valence-corrected chi connectivity index (χ2v) is 4.25. The molecule has 0 aromatic heterocycles. The fourth-order valence-corrected chi connectivity index (χ4v) is 1.62. The maximum absolute atomic E-state index is 11.8. The van der Waals surface area contributed by atoms with Crippen LogP contribution in [0.25, 0.3) is 0 Å². The Balaban J connectivity index is 2.63. The zero-order valence-corrected chi connectivity index (χ0v) is 12.0. The molecule has 3 amide bonds. The normalized spacial score (nSPS) is 11.6. The lowest BCUT2D eigenvalue weighted by molar-refractivity contribution is -0.126. The van der Waals surface area contributed by atoms with Crippen molar-refractivity contribution in [1.29, 1.82) is 0 Å². The smallest absolute Gasteiger partial charge is 0.321 e. The zero-order chi connectivity index (χ0) is 15.0. The van der Waals surface area contributed by atoms with Gasteiger partial charge in [0.15, 0.2) is 6.10 Å². The van der Waals surface area contributed by atoms with Gasteiger partial charge >= 0.3 is 6.03 Å². The van der Waals surface area contributed by atoms with Crippen LogP contribution in [-0.2, 0) is 11.3 Å². The number of para-hydroxylation sites is 1. The van der Waals surface area contributed by atoms with Crippen molar-refractivity contribution in [3.05, 3.63) is 29.8 Å². The molecule has 0 aliphatic heterocycles. The van der Waals surface area contributed by atoms with Crippen LogP contribution in [0.3, 0.4) is 0 Å². The molecule has 3 N–H and O–H groups in total. The van der Waals surface area contributed by atoms with E-state index in [2.05, 4.69) is 16.0 Å². The molecule has 1 atom stereocenters. The van der Waals surface area contributed by atoms with E-state index in [1.165, 1.54) is 0 Å². The summed E-state index contributed by atoms with van der Waals surface area (Å²) in [5, 5.41) is 7.74. The van der Waals surface area contributed by atoms with Crippen molar-refractivity contribution in [3.63, 3.8) is 0 Å². The van der Waals surface area contributed by atoms with Gasteiger partial charge < -0.3 is 15.4 Å². The molecule has 1 aromatic carbocycles. The number of carbonyl (C=O) groups is 2. The second kappa shape index (κ2) is 8.16. The lowest BCUT2D eigenvalue weighted by Crippen LogP contribution is -2.45.